The Balaban J connectivity index is 1.54. The van der Waals surface area contributed by atoms with Crippen LogP contribution in [0.3, 0.4) is 0 Å². The van der Waals surface area contributed by atoms with Crippen LogP contribution in [0.25, 0.3) is 26.1 Å². The minimum atomic E-state index is -0.296. The van der Waals surface area contributed by atoms with Crippen molar-refractivity contribution in [3.05, 3.63) is 46.2 Å². The van der Waals surface area contributed by atoms with Gasteiger partial charge in [0.05, 0.1) is 21.2 Å². The summed E-state index contributed by atoms with van der Waals surface area (Å²) >= 11 is 1.45. The third kappa shape index (κ3) is 2.47. The monoisotopic (exact) mass is 419 g/mol. The lowest BCUT2D eigenvalue weighted by Gasteiger charge is -2.20. The maximum atomic E-state index is 13.0. The van der Waals surface area contributed by atoms with Gasteiger partial charge in [0.1, 0.15) is 4.83 Å². The lowest BCUT2D eigenvalue weighted by atomic mass is 10.0. The zero-order valence-electron chi connectivity index (χ0n) is 16.6. The number of benzene rings is 1. The number of aldehydes is 1. The molecule has 2 atom stereocenters. The molecule has 6 rings (SSSR count). The molecule has 4 aromatic rings. The lowest BCUT2D eigenvalue weighted by molar-refractivity contribution is 0.112. The van der Waals surface area contributed by atoms with E-state index in [0.717, 1.165) is 42.9 Å². The molecule has 0 spiro atoms. The van der Waals surface area contributed by atoms with Crippen LogP contribution < -0.4 is 10.3 Å². The molecule has 30 heavy (non-hydrogen) atoms. The van der Waals surface area contributed by atoms with Gasteiger partial charge in [-0.1, -0.05) is 19.1 Å². The number of carbonyl (C=O) groups excluding carboxylic acids is 1. The molecule has 3 aromatic heterocycles. The highest BCUT2D eigenvalue weighted by molar-refractivity contribution is 7.24. The van der Waals surface area contributed by atoms with E-state index in [4.69, 9.17) is 4.98 Å². The van der Waals surface area contributed by atoms with E-state index >= 15 is 0 Å². The first-order valence-electron chi connectivity index (χ1n) is 10.3. The second-order valence-corrected chi connectivity index (χ2v) is 9.29. The number of rotatable bonds is 3. The fourth-order valence-corrected chi connectivity index (χ4v) is 6.22. The second-order valence-electron chi connectivity index (χ2n) is 8.26. The van der Waals surface area contributed by atoms with Crippen LogP contribution in [0.4, 0.5) is 5.95 Å². The molecule has 2 aliphatic heterocycles. The molecular formula is C22H21N5O2S. The number of nitrogens with zero attached hydrogens (tertiary/aromatic N) is 5. The van der Waals surface area contributed by atoms with Gasteiger partial charge in [-0.25, -0.2) is 4.98 Å². The lowest BCUT2D eigenvalue weighted by Crippen LogP contribution is -2.29. The number of likely N-dealkylation sites (tertiary alicyclic amines) is 1. The average molecular weight is 420 g/mol. The van der Waals surface area contributed by atoms with Crippen LogP contribution in [-0.4, -0.2) is 58.3 Å². The number of para-hydroxylation sites is 1. The fraction of sp³-hybridized carbons (Fsp3) is 0.364. The molecule has 0 saturated carbocycles. The van der Waals surface area contributed by atoms with E-state index in [1.54, 1.807) is 6.20 Å². The van der Waals surface area contributed by atoms with Crippen molar-refractivity contribution >= 4 is 49.7 Å². The van der Waals surface area contributed by atoms with Gasteiger partial charge < -0.3 is 9.80 Å². The van der Waals surface area contributed by atoms with Gasteiger partial charge in [0.2, 0.25) is 11.4 Å². The largest absolute Gasteiger partial charge is 0.340 e. The maximum Gasteiger partial charge on any atom is 0.227 e. The van der Waals surface area contributed by atoms with Crippen molar-refractivity contribution < 1.29 is 4.79 Å². The average Bonchev–Trinajstić information content (AvgIpc) is 3.44. The van der Waals surface area contributed by atoms with Gasteiger partial charge in [-0.05, 0) is 30.5 Å². The third-order valence-corrected chi connectivity index (χ3v) is 7.77. The van der Waals surface area contributed by atoms with E-state index in [0.29, 0.717) is 39.9 Å². The molecule has 1 aromatic carbocycles. The molecular weight excluding hydrogens is 398 g/mol. The summed E-state index contributed by atoms with van der Waals surface area (Å²) in [5.74, 6) is 1.96. The van der Waals surface area contributed by atoms with Crippen molar-refractivity contribution in [3.8, 4) is 0 Å². The summed E-state index contributed by atoms with van der Waals surface area (Å²) in [5.41, 5.74) is 1.41. The van der Waals surface area contributed by atoms with Crippen LogP contribution in [0.15, 0.2) is 35.3 Å². The summed E-state index contributed by atoms with van der Waals surface area (Å²) in [6.07, 6.45) is 2.25. The molecule has 2 fully saturated rings. The first-order chi connectivity index (χ1) is 14.7. The number of aromatic nitrogens is 3. The van der Waals surface area contributed by atoms with E-state index in [-0.39, 0.29) is 11.0 Å². The Kier molecular flexibility index (Phi) is 3.94. The van der Waals surface area contributed by atoms with Gasteiger partial charge in [0.25, 0.3) is 0 Å². The van der Waals surface area contributed by atoms with Crippen LogP contribution >= 0.6 is 11.3 Å². The van der Waals surface area contributed by atoms with E-state index in [2.05, 4.69) is 21.7 Å². The highest BCUT2D eigenvalue weighted by Gasteiger charge is 2.40. The van der Waals surface area contributed by atoms with E-state index < -0.39 is 0 Å². The quantitative estimate of drug-likeness (QED) is 0.476. The van der Waals surface area contributed by atoms with Crippen LogP contribution in [-0.2, 0) is 0 Å². The third-order valence-electron chi connectivity index (χ3n) is 6.61. The molecule has 5 heterocycles. The van der Waals surface area contributed by atoms with Crippen molar-refractivity contribution in [1.82, 2.24) is 19.3 Å². The number of hydrogen-bond donors (Lipinski definition) is 0. The first kappa shape index (κ1) is 18.0. The highest BCUT2D eigenvalue weighted by Crippen LogP contribution is 2.34. The molecule has 0 amide bonds. The summed E-state index contributed by atoms with van der Waals surface area (Å²) in [4.78, 5) is 39.5. The Morgan fingerprint density at radius 1 is 1.17 bits per heavy atom. The number of thiazole rings is 1. The smallest absolute Gasteiger partial charge is 0.227 e. The molecule has 2 unspecified atom stereocenters. The van der Waals surface area contributed by atoms with Crippen LogP contribution in [0, 0.1) is 11.8 Å². The molecule has 7 nitrogen and oxygen atoms in total. The summed E-state index contributed by atoms with van der Waals surface area (Å²) in [6.45, 7) is 7.47. The molecule has 0 radical (unpaired) electrons. The minimum absolute atomic E-state index is 0.176. The van der Waals surface area contributed by atoms with Gasteiger partial charge in [-0.15, -0.1) is 11.3 Å². The fourth-order valence-electron chi connectivity index (χ4n) is 5.08. The van der Waals surface area contributed by atoms with Crippen LogP contribution in [0.5, 0.6) is 0 Å². The van der Waals surface area contributed by atoms with Crippen molar-refractivity contribution in [2.75, 3.05) is 37.6 Å². The molecule has 2 aliphatic rings. The highest BCUT2D eigenvalue weighted by atomic mass is 32.1. The van der Waals surface area contributed by atoms with Crippen molar-refractivity contribution in [2.24, 2.45) is 11.8 Å². The molecule has 0 aliphatic carbocycles. The molecule has 0 bridgehead atoms. The summed E-state index contributed by atoms with van der Waals surface area (Å²) in [6, 6.07) is 7.92. The summed E-state index contributed by atoms with van der Waals surface area (Å²) in [7, 11) is 0. The number of anilines is 1. The summed E-state index contributed by atoms with van der Waals surface area (Å²) in [5, 5.41) is 0.387. The second kappa shape index (κ2) is 6.58. The molecule has 2 saturated heterocycles. The number of fused-ring (bicyclic) bond motifs is 6. The van der Waals surface area contributed by atoms with Gasteiger partial charge >= 0.3 is 0 Å². The van der Waals surface area contributed by atoms with Gasteiger partial charge in [0.15, 0.2) is 11.9 Å². The zero-order valence-corrected chi connectivity index (χ0v) is 17.4. The SMILES string of the molecule is CCN1CC2CN(c3ncc4c(=O)c(C=O)c5sc6ccccc6n5c4n3)CC2C1. The molecule has 8 heteroatoms. The topological polar surface area (TPSA) is 70.8 Å². The van der Waals surface area contributed by atoms with E-state index in [1.807, 2.05) is 28.7 Å². The predicted molar refractivity (Wildman–Crippen MR) is 119 cm³/mol. The Bertz CT molecular complexity index is 1360. The van der Waals surface area contributed by atoms with Gasteiger partial charge in [-0.2, -0.15) is 4.98 Å². The Labute approximate surface area is 176 Å². The van der Waals surface area contributed by atoms with Crippen molar-refractivity contribution in [3.63, 3.8) is 0 Å². The minimum Gasteiger partial charge on any atom is -0.340 e. The van der Waals surface area contributed by atoms with Gasteiger partial charge in [0, 0.05) is 32.4 Å². The van der Waals surface area contributed by atoms with Crippen molar-refractivity contribution in [1.29, 1.82) is 0 Å². The number of carbonyl (C=O) groups is 1. The first-order valence-corrected chi connectivity index (χ1v) is 11.1. The van der Waals surface area contributed by atoms with Crippen LogP contribution in [0.1, 0.15) is 17.3 Å². The van der Waals surface area contributed by atoms with Crippen LogP contribution in [0.2, 0.25) is 0 Å². The van der Waals surface area contributed by atoms with E-state index in [9.17, 15) is 9.59 Å². The number of hydrogen-bond acceptors (Lipinski definition) is 7. The Hall–Kier alpha value is -2.84. The molecule has 0 N–H and O–H groups in total. The summed E-state index contributed by atoms with van der Waals surface area (Å²) < 4.78 is 2.96. The molecule has 152 valence electrons. The maximum absolute atomic E-state index is 13.0. The number of pyridine rings is 1. The van der Waals surface area contributed by atoms with Crippen molar-refractivity contribution in [2.45, 2.75) is 6.92 Å². The van der Waals surface area contributed by atoms with Gasteiger partial charge in [-0.3, -0.25) is 14.0 Å². The van der Waals surface area contributed by atoms with E-state index in [1.165, 1.54) is 11.3 Å². The standard InChI is InChI=1S/C22H21N5O2S/c1-2-25-8-13-10-26(11-14(13)9-25)22-23-7-15-19(29)16(12-28)21-27(20(15)24-22)17-5-3-4-6-18(17)30-21/h3-7,12-14H,2,8-11H2,1H3. The normalized spacial score (nSPS) is 21.8. The Morgan fingerprint density at radius 3 is 2.67 bits per heavy atom. The Morgan fingerprint density at radius 2 is 1.93 bits per heavy atom. The zero-order chi connectivity index (χ0) is 20.4. The predicted octanol–water partition coefficient (Wildman–Crippen LogP) is 2.66.